The van der Waals surface area contributed by atoms with Crippen LogP contribution in [0.4, 0.5) is 0 Å². The SMILES string of the molecule is CC(O)S.CCCC(N)=O. The normalized spacial score (nSPS) is 11.2. The number of carbonyl (C=O) groups is 1. The van der Waals surface area contributed by atoms with Crippen LogP contribution in [0, 0.1) is 0 Å². The summed E-state index contributed by atoms with van der Waals surface area (Å²) in [6.07, 6.45) is 1.37. The van der Waals surface area contributed by atoms with E-state index in [0.717, 1.165) is 6.42 Å². The Labute approximate surface area is 67.0 Å². The molecule has 0 saturated heterocycles. The molecule has 0 aromatic rings. The van der Waals surface area contributed by atoms with Crippen LogP contribution in [0.5, 0.6) is 0 Å². The third-order valence-electron chi connectivity index (χ3n) is 0.496. The van der Waals surface area contributed by atoms with E-state index in [0.29, 0.717) is 6.42 Å². The maximum Gasteiger partial charge on any atom is 0.217 e. The number of nitrogens with two attached hydrogens (primary N) is 1. The molecule has 0 spiro atoms. The van der Waals surface area contributed by atoms with E-state index in [9.17, 15) is 4.79 Å². The summed E-state index contributed by atoms with van der Waals surface area (Å²) in [6, 6.07) is 0. The van der Waals surface area contributed by atoms with E-state index in [-0.39, 0.29) is 5.91 Å². The molecule has 10 heavy (non-hydrogen) atoms. The van der Waals surface area contributed by atoms with Gasteiger partial charge < -0.3 is 10.8 Å². The Hall–Kier alpha value is -0.220. The highest BCUT2D eigenvalue weighted by molar-refractivity contribution is 7.80. The van der Waals surface area contributed by atoms with Crippen molar-refractivity contribution in [2.75, 3.05) is 0 Å². The number of primary amides is 1. The Kier molecular flexibility index (Phi) is 10.9. The lowest BCUT2D eigenvalue weighted by molar-refractivity contribution is -0.118. The highest BCUT2D eigenvalue weighted by Gasteiger charge is 1.84. The average molecular weight is 165 g/mol. The molecular formula is C6H15NO2S. The highest BCUT2D eigenvalue weighted by atomic mass is 32.1. The lowest BCUT2D eigenvalue weighted by atomic mass is 10.3. The molecule has 0 bridgehead atoms. The van der Waals surface area contributed by atoms with Crippen molar-refractivity contribution >= 4 is 18.5 Å². The Morgan fingerprint density at radius 3 is 2.10 bits per heavy atom. The summed E-state index contributed by atoms with van der Waals surface area (Å²) in [6.45, 7) is 3.51. The van der Waals surface area contributed by atoms with Gasteiger partial charge in [-0.25, -0.2) is 0 Å². The fourth-order valence-electron chi connectivity index (χ4n) is 0.246. The zero-order valence-corrected chi connectivity index (χ0v) is 7.27. The van der Waals surface area contributed by atoms with Gasteiger partial charge >= 0.3 is 0 Å². The molecule has 0 aliphatic heterocycles. The van der Waals surface area contributed by atoms with Gasteiger partial charge in [0.15, 0.2) is 0 Å². The van der Waals surface area contributed by atoms with Gasteiger partial charge in [0.05, 0.1) is 5.44 Å². The summed E-state index contributed by atoms with van der Waals surface area (Å²) in [5.41, 5.74) is 4.29. The maximum atomic E-state index is 9.82. The Balaban J connectivity index is 0. The first-order valence-electron chi connectivity index (χ1n) is 3.15. The Morgan fingerprint density at radius 1 is 1.80 bits per heavy atom. The topological polar surface area (TPSA) is 63.3 Å². The third kappa shape index (κ3) is 46.3. The van der Waals surface area contributed by atoms with Gasteiger partial charge in [0, 0.05) is 6.42 Å². The van der Waals surface area contributed by atoms with Crippen molar-refractivity contribution in [3.63, 3.8) is 0 Å². The van der Waals surface area contributed by atoms with Gasteiger partial charge in [0.1, 0.15) is 0 Å². The number of amides is 1. The molecule has 0 aromatic carbocycles. The molecule has 1 amide bonds. The van der Waals surface area contributed by atoms with Crippen LogP contribution >= 0.6 is 12.6 Å². The monoisotopic (exact) mass is 165 g/mol. The first kappa shape index (κ1) is 12.5. The zero-order valence-electron chi connectivity index (χ0n) is 6.37. The molecule has 3 nitrogen and oxygen atoms in total. The first-order valence-corrected chi connectivity index (χ1v) is 3.66. The van der Waals surface area contributed by atoms with Crippen LogP contribution < -0.4 is 5.73 Å². The second kappa shape index (κ2) is 8.78. The largest absolute Gasteiger partial charge is 0.383 e. The molecule has 0 rings (SSSR count). The van der Waals surface area contributed by atoms with Gasteiger partial charge in [-0.2, -0.15) is 0 Å². The summed E-state index contributed by atoms with van der Waals surface area (Å²) < 4.78 is 0. The molecule has 0 aliphatic rings. The Bertz CT molecular complexity index is 83.1. The van der Waals surface area contributed by atoms with Crippen molar-refractivity contribution < 1.29 is 9.90 Å². The second-order valence-corrected chi connectivity index (χ2v) is 2.60. The van der Waals surface area contributed by atoms with Crippen molar-refractivity contribution in [1.82, 2.24) is 0 Å². The van der Waals surface area contributed by atoms with Crippen LogP contribution in [-0.4, -0.2) is 16.4 Å². The lowest BCUT2D eigenvalue weighted by Gasteiger charge is -1.81. The minimum absolute atomic E-state index is 0.211. The smallest absolute Gasteiger partial charge is 0.217 e. The van der Waals surface area contributed by atoms with Crippen LogP contribution in [0.1, 0.15) is 26.7 Å². The van der Waals surface area contributed by atoms with E-state index in [2.05, 4.69) is 12.6 Å². The third-order valence-corrected chi connectivity index (χ3v) is 0.496. The number of thiol groups is 1. The fraction of sp³-hybridized carbons (Fsp3) is 0.833. The van der Waals surface area contributed by atoms with E-state index in [4.69, 9.17) is 10.8 Å². The van der Waals surface area contributed by atoms with E-state index in [1.165, 1.54) is 0 Å². The minimum atomic E-state index is -0.472. The molecule has 0 aromatic heterocycles. The minimum Gasteiger partial charge on any atom is -0.383 e. The van der Waals surface area contributed by atoms with Crippen molar-refractivity contribution in [2.45, 2.75) is 32.1 Å². The zero-order chi connectivity index (χ0) is 8.57. The standard InChI is InChI=1S/C4H9NO.C2H6OS/c1-2-3-4(5)6;1-2(3)4/h2-3H2,1H3,(H2,5,6);2-4H,1H3. The fourth-order valence-corrected chi connectivity index (χ4v) is 0.246. The average Bonchev–Trinajstić information content (AvgIpc) is 1.62. The van der Waals surface area contributed by atoms with Crippen LogP contribution in [-0.2, 0) is 4.79 Å². The molecule has 1 atom stereocenters. The molecule has 62 valence electrons. The summed E-state index contributed by atoms with van der Waals surface area (Å²) in [5, 5.41) is 7.92. The number of aliphatic hydroxyl groups is 1. The van der Waals surface area contributed by atoms with Crippen LogP contribution in [0.2, 0.25) is 0 Å². The van der Waals surface area contributed by atoms with E-state index < -0.39 is 5.44 Å². The summed E-state index contributed by atoms with van der Waals surface area (Å²) in [5.74, 6) is -0.211. The molecule has 0 fully saturated rings. The number of carbonyl (C=O) groups excluding carboxylic acids is 1. The van der Waals surface area contributed by atoms with Crippen LogP contribution in [0.3, 0.4) is 0 Å². The second-order valence-electron chi connectivity index (χ2n) is 1.85. The highest BCUT2D eigenvalue weighted by Crippen LogP contribution is 1.79. The van der Waals surface area contributed by atoms with Crippen molar-refractivity contribution in [1.29, 1.82) is 0 Å². The molecule has 0 heterocycles. The van der Waals surface area contributed by atoms with Crippen molar-refractivity contribution in [3.8, 4) is 0 Å². The maximum absolute atomic E-state index is 9.82. The van der Waals surface area contributed by atoms with Crippen molar-refractivity contribution in [3.05, 3.63) is 0 Å². The van der Waals surface area contributed by atoms with E-state index >= 15 is 0 Å². The van der Waals surface area contributed by atoms with Crippen LogP contribution in [0.25, 0.3) is 0 Å². The Morgan fingerprint density at radius 2 is 2.10 bits per heavy atom. The van der Waals surface area contributed by atoms with E-state index in [1.54, 1.807) is 6.92 Å². The molecule has 0 aliphatic carbocycles. The van der Waals surface area contributed by atoms with Crippen molar-refractivity contribution in [2.24, 2.45) is 5.73 Å². The van der Waals surface area contributed by atoms with Gasteiger partial charge in [0.25, 0.3) is 0 Å². The number of aliphatic hydroxyl groups excluding tert-OH is 1. The van der Waals surface area contributed by atoms with Gasteiger partial charge in [-0.3, -0.25) is 4.79 Å². The quantitative estimate of drug-likeness (QED) is 0.413. The van der Waals surface area contributed by atoms with Crippen LogP contribution in [0.15, 0.2) is 0 Å². The molecule has 3 N–H and O–H groups in total. The summed E-state index contributed by atoms with van der Waals surface area (Å²) >= 11 is 3.52. The predicted octanol–water partition coefficient (Wildman–Crippen LogP) is 0.526. The number of hydrogen-bond donors (Lipinski definition) is 3. The summed E-state index contributed by atoms with van der Waals surface area (Å²) in [7, 11) is 0. The number of hydrogen-bond acceptors (Lipinski definition) is 3. The van der Waals surface area contributed by atoms with Gasteiger partial charge in [0.2, 0.25) is 5.91 Å². The molecule has 0 radical (unpaired) electrons. The molecule has 0 saturated carbocycles. The van der Waals surface area contributed by atoms with Gasteiger partial charge in [-0.1, -0.05) is 6.92 Å². The summed E-state index contributed by atoms with van der Waals surface area (Å²) in [4.78, 5) is 9.82. The van der Waals surface area contributed by atoms with Gasteiger partial charge in [-0.15, -0.1) is 12.6 Å². The van der Waals surface area contributed by atoms with E-state index in [1.807, 2.05) is 6.92 Å². The molecule has 4 heteroatoms. The molecular weight excluding hydrogens is 150 g/mol. The predicted molar refractivity (Wildman–Crippen MR) is 44.8 cm³/mol. The lowest BCUT2D eigenvalue weighted by Crippen LogP contribution is -2.08. The number of rotatable bonds is 2. The van der Waals surface area contributed by atoms with Gasteiger partial charge in [-0.05, 0) is 13.3 Å². The molecule has 1 unspecified atom stereocenters. The first-order chi connectivity index (χ1) is 4.50.